The Labute approximate surface area is 147 Å². The van der Waals surface area contributed by atoms with Gasteiger partial charge >= 0.3 is 12.0 Å². The van der Waals surface area contributed by atoms with Crippen molar-refractivity contribution in [3.63, 3.8) is 0 Å². The lowest BCUT2D eigenvalue weighted by Gasteiger charge is -2.37. The summed E-state index contributed by atoms with van der Waals surface area (Å²) in [6.45, 7) is 8.10. The minimum Gasteiger partial charge on any atom is -0.478 e. The second-order valence-corrected chi connectivity index (χ2v) is 7.19. The first kappa shape index (κ1) is 18.8. The Morgan fingerprint density at radius 2 is 1.52 bits per heavy atom. The van der Waals surface area contributed by atoms with Crippen LogP contribution in [0.25, 0.3) is 0 Å². The summed E-state index contributed by atoms with van der Waals surface area (Å²) in [7, 11) is 0. The first-order valence-electron chi connectivity index (χ1n) is 8.33. The van der Waals surface area contributed by atoms with Crippen molar-refractivity contribution in [2.75, 3.05) is 26.2 Å². The van der Waals surface area contributed by atoms with Gasteiger partial charge in [0.2, 0.25) is 5.91 Å². The number of piperazine rings is 1. The van der Waals surface area contributed by atoms with E-state index in [1.807, 2.05) is 20.8 Å². The zero-order valence-electron chi connectivity index (χ0n) is 14.9. The van der Waals surface area contributed by atoms with E-state index >= 15 is 0 Å². The quantitative estimate of drug-likeness (QED) is 0.872. The SMILES string of the molecule is CC(C)(C)C(=O)N1CCN(C(=O)NCc2ccc(C(=O)O)cc2)CC1. The van der Waals surface area contributed by atoms with Crippen LogP contribution >= 0.6 is 0 Å². The van der Waals surface area contributed by atoms with Crippen molar-refractivity contribution in [2.24, 2.45) is 5.41 Å². The fourth-order valence-electron chi connectivity index (χ4n) is 2.64. The second-order valence-electron chi connectivity index (χ2n) is 7.19. The highest BCUT2D eigenvalue weighted by atomic mass is 16.4. The van der Waals surface area contributed by atoms with Gasteiger partial charge in [-0.25, -0.2) is 9.59 Å². The molecule has 0 spiro atoms. The van der Waals surface area contributed by atoms with Gasteiger partial charge in [-0.3, -0.25) is 4.79 Å². The summed E-state index contributed by atoms with van der Waals surface area (Å²) in [5.41, 5.74) is 0.640. The zero-order valence-corrected chi connectivity index (χ0v) is 14.9. The smallest absolute Gasteiger partial charge is 0.335 e. The lowest BCUT2D eigenvalue weighted by Crippen LogP contribution is -2.54. The number of carbonyl (C=O) groups excluding carboxylic acids is 2. The third-order valence-electron chi connectivity index (χ3n) is 4.14. The van der Waals surface area contributed by atoms with Gasteiger partial charge in [0.1, 0.15) is 0 Å². The topological polar surface area (TPSA) is 90.0 Å². The van der Waals surface area contributed by atoms with E-state index in [9.17, 15) is 14.4 Å². The van der Waals surface area contributed by atoms with Gasteiger partial charge in [0.15, 0.2) is 0 Å². The average Bonchev–Trinajstić information content (AvgIpc) is 2.58. The van der Waals surface area contributed by atoms with Crippen LogP contribution in [0.4, 0.5) is 4.79 Å². The predicted octanol–water partition coefficient (Wildman–Crippen LogP) is 1.78. The van der Waals surface area contributed by atoms with Gasteiger partial charge in [-0.2, -0.15) is 0 Å². The Bertz CT molecular complexity index is 641. The van der Waals surface area contributed by atoms with Crippen molar-refractivity contribution in [3.05, 3.63) is 35.4 Å². The molecule has 0 atom stereocenters. The van der Waals surface area contributed by atoms with Crippen LogP contribution in [0, 0.1) is 5.41 Å². The maximum atomic E-state index is 12.2. The van der Waals surface area contributed by atoms with E-state index in [2.05, 4.69) is 5.32 Å². The van der Waals surface area contributed by atoms with Gasteiger partial charge in [-0.1, -0.05) is 32.9 Å². The number of carboxylic acids is 1. The fraction of sp³-hybridized carbons (Fsp3) is 0.500. The number of hydrogen-bond acceptors (Lipinski definition) is 3. The summed E-state index contributed by atoms with van der Waals surface area (Å²) in [6, 6.07) is 6.22. The molecular formula is C18H25N3O4. The summed E-state index contributed by atoms with van der Waals surface area (Å²) in [6.07, 6.45) is 0. The molecule has 2 rings (SSSR count). The van der Waals surface area contributed by atoms with Crippen molar-refractivity contribution < 1.29 is 19.5 Å². The monoisotopic (exact) mass is 347 g/mol. The lowest BCUT2D eigenvalue weighted by molar-refractivity contribution is -0.140. The molecule has 25 heavy (non-hydrogen) atoms. The van der Waals surface area contributed by atoms with Gasteiger partial charge < -0.3 is 20.2 Å². The summed E-state index contributed by atoms with van der Waals surface area (Å²) >= 11 is 0. The number of aromatic carboxylic acids is 1. The highest BCUT2D eigenvalue weighted by Crippen LogP contribution is 2.18. The first-order valence-corrected chi connectivity index (χ1v) is 8.33. The van der Waals surface area contributed by atoms with Crippen molar-refractivity contribution in [1.82, 2.24) is 15.1 Å². The molecule has 3 amide bonds. The first-order chi connectivity index (χ1) is 11.7. The van der Waals surface area contributed by atoms with Gasteiger partial charge in [0.25, 0.3) is 0 Å². The van der Waals surface area contributed by atoms with E-state index in [4.69, 9.17) is 5.11 Å². The molecule has 1 aliphatic rings. The molecule has 1 aromatic rings. The molecule has 1 heterocycles. The number of rotatable bonds is 3. The van der Waals surface area contributed by atoms with Gasteiger partial charge in [0, 0.05) is 38.1 Å². The van der Waals surface area contributed by atoms with Gasteiger partial charge in [-0.15, -0.1) is 0 Å². The van der Waals surface area contributed by atoms with Gasteiger partial charge in [0.05, 0.1) is 5.56 Å². The predicted molar refractivity (Wildman–Crippen MR) is 93.2 cm³/mol. The van der Waals surface area contributed by atoms with Crippen LogP contribution in [-0.4, -0.2) is 59.0 Å². The minimum absolute atomic E-state index is 0.103. The number of hydrogen-bond donors (Lipinski definition) is 2. The normalized spacial score (nSPS) is 15.0. The number of amides is 3. The van der Waals surface area contributed by atoms with Crippen LogP contribution in [0.2, 0.25) is 0 Å². The molecule has 7 heteroatoms. The number of carbonyl (C=O) groups is 3. The molecule has 0 radical (unpaired) electrons. The molecule has 0 saturated carbocycles. The summed E-state index contributed by atoms with van der Waals surface area (Å²) in [4.78, 5) is 38.8. The fourth-order valence-corrected chi connectivity index (χ4v) is 2.64. The summed E-state index contributed by atoms with van der Waals surface area (Å²) in [5.74, 6) is -0.871. The van der Waals surface area contributed by atoms with Gasteiger partial charge in [-0.05, 0) is 17.7 Å². The van der Waals surface area contributed by atoms with E-state index in [0.717, 1.165) is 5.56 Å². The van der Waals surface area contributed by atoms with Crippen LogP contribution in [-0.2, 0) is 11.3 Å². The minimum atomic E-state index is -0.974. The Hall–Kier alpha value is -2.57. The number of nitrogens with one attached hydrogen (secondary N) is 1. The van der Waals surface area contributed by atoms with Crippen LogP contribution in [0.3, 0.4) is 0 Å². The molecule has 1 aromatic carbocycles. The highest BCUT2D eigenvalue weighted by Gasteiger charge is 2.30. The number of benzene rings is 1. The number of carboxylic acid groups (broad SMARTS) is 1. The van der Waals surface area contributed by atoms with E-state index in [0.29, 0.717) is 32.7 Å². The lowest BCUT2D eigenvalue weighted by atomic mass is 9.94. The van der Waals surface area contributed by atoms with E-state index < -0.39 is 11.4 Å². The Morgan fingerprint density at radius 1 is 1.00 bits per heavy atom. The van der Waals surface area contributed by atoms with Crippen molar-refractivity contribution >= 4 is 17.9 Å². The second kappa shape index (κ2) is 7.55. The van der Waals surface area contributed by atoms with Crippen LogP contribution < -0.4 is 5.32 Å². The molecule has 0 aromatic heterocycles. The van der Waals surface area contributed by atoms with Crippen LogP contribution in [0.1, 0.15) is 36.7 Å². The Balaban J connectivity index is 1.81. The molecule has 1 fully saturated rings. The molecule has 1 saturated heterocycles. The van der Waals surface area contributed by atoms with E-state index in [1.165, 1.54) is 12.1 Å². The van der Waals surface area contributed by atoms with Crippen LogP contribution in [0.15, 0.2) is 24.3 Å². The summed E-state index contributed by atoms with van der Waals surface area (Å²) in [5, 5.41) is 11.7. The number of urea groups is 1. The Morgan fingerprint density at radius 3 is 2.00 bits per heavy atom. The van der Waals surface area contributed by atoms with Crippen molar-refractivity contribution in [1.29, 1.82) is 0 Å². The van der Waals surface area contributed by atoms with Crippen LogP contribution in [0.5, 0.6) is 0 Å². The standard InChI is InChI=1S/C18H25N3O4/c1-18(2,3)16(24)20-8-10-21(11-9-20)17(25)19-12-13-4-6-14(7-5-13)15(22)23/h4-7H,8-12H2,1-3H3,(H,19,25)(H,22,23). The molecule has 7 nitrogen and oxygen atoms in total. The largest absolute Gasteiger partial charge is 0.478 e. The van der Waals surface area contributed by atoms with Crippen molar-refractivity contribution in [3.8, 4) is 0 Å². The molecule has 0 unspecified atom stereocenters. The third kappa shape index (κ3) is 4.95. The highest BCUT2D eigenvalue weighted by molar-refractivity contribution is 5.87. The molecule has 2 N–H and O–H groups in total. The third-order valence-corrected chi connectivity index (χ3v) is 4.14. The molecule has 1 aliphatic heterocycles. The Kier molecular flexibility index (Phi) is 5.66. The summed E-state index contributed by atoms with van der Waals surface area (Å²) < 4.78 is 0. The maximum Gasteiger partial charge on any atom is 0.335 e. The maximum absolute atomic E-state index is 12.2. The van der Waals surface area contributed by atoms with Crippen molar-refractivity contribution in [2.45, 2.75) is 27.3 Å². The van der Waals surface area contributed by atoms with E-state index in [1.54, 1.807) is 21.9 Å². The molecular weight excluding hydrogens is 322 g/mol. The number of nitrogens with zero attached hydrogens (tertiary/aromatic N) is 2. The zero-order chi connectivity index (χ0) is 18.6. The molecule has 0 aliphatic carbocycles. The average molecular weight is 347 g/mol. The van der Waals surface area contributed by atoms with E-state index in [-0.39, 0.29) is 17.5 Å². The molecule has 136 valence electrons. The molecule has 0 bridgehead atoms.